The van der Waals surface area contributed by atoms with E-state index in [0.29, 0.717) is 5.02 Å². The molecule has 2 rings (SSSR count). The van der Waals surface area contributed by atoms with Crippen LogP contribution in [0.3, 0.4) is 0 Å². The van der Waals surface area contributed by atoms with Crippen LogP contribution < -0.4 is 0 Å². The average molecular weight is 213 g/mol. The first-order valence-corrected chi connectivity index (χ1v) is 5.05. The van der Waals surface area contributed by atoms with Crippen molar-refractivity contribution in [2.45, 2.75) is 0 Å². The molecule has 0 N–H and O–H groups in total. The smallest absolute Gasteiger partial charge is 0.0562 e. The Morgan fingerprint density at radius 1 is 0.733 bits per heavy atom. The second-order valence-corrected chi connectivity index (χ2v) is 3.50. The minimum Gasteiger partial charge on any atom is -0.0830 e. The Hall–Kier alpha value is -1.71. The molecule has 0 unspecified atom stereocenters. The van der Waals surface area contributed by atoms with E-state index in [9.17, 15) is 0 Å². The van der Waals surface area contributed by atoms with Crippen LogP contribution in [0.1, 0.15) is 11.1 Å². The minimum atomic E-state index is 0.695. The third-order valence-electron chi connectivity index (χ3n) is 1.99. The van der Waals surface area contributed by atoms with Gasteiger partial charge in [-0.1, -0.05) is 53.8 Å². The van der Waals surface area contributed by atoms with Gasteiger partial charge in [0, 0.05) is 11.1 Å². The van der Waals surface area contributed by atoms with Crippen LogP contribution in [0, 0.1) is 11.8 Å². The number of hydrogen-bond acceptors (Lipinski definition) is 0. The third-order valence-corrected chi connectivity index (χ3v) is 2.32. The molecule has 0 nitrogen and oxygen atoms in total. The van der Waals surface area contributed by atoms with E-state index in [4.69, 9.17) is 11.6 Å². The van der Waals surface area contributed by atoms with Gasteiger partial charge in [-0.15, -0.1) is 0 Å². The number of hydrogen-bond donors (Lipinski definition) is 0. The molecule has 0 saturated carbocycles. The summed E-state index contributed by atoms with van der Waals surface area (Å²) in [5, 5.41) is 0.695. The Bertz CT molecular complexity index is 504. The highest BCUT2D eigenvalue weighted by Gasteiger charge is 1.92. The minimum absolute atomic E-state index is 0.695. The SMILES string of the molecule is Clc1ccccc1C#Cc1ccccc1. The highest BCUT2D eigenvalue weighted by molar-refractivity contribution is 6.31. The lowest BCUT2D eigenvalue weighted by molar-refractivity contribution is 1.62. The molecule has 0 aliphatic carbocycles. The van der Waals surface area contributed by atoms with Crippen LogP contribution in [0.4, 0.5) is 0 Å². The van der Waals surface area contributed by atoms with Crippen molar-refractivity contribution in [1.29, 1.82) is 0 Å². The lowest BCUT2D eigenvalue weighted by Crippen LogP contribution is -1.76. The van der Waals surface area contributed by atoms with Crippen molar-refractivity contribution in [3.8, 4) is 11.8 Å². The van der Waals surface area contributed by atoms with Crippen LogP contribution in [0.25, 0.3) is 0 Å². The fourth-order valence-electron chi connectivity index (χ4n) is 1.22. The summed E-state index contributed by atoms with van der Waals surface area (Å²) in [5.41, 5.74) is 1.86. The summed E-state index contributed by atoms with van der Waals surface area (Å²) in [6.45, 7) is 0. The summed E-state index contributed by atoms with van der Waals surface area (Å²) in [6, 6.07) is 17.5. The van der Waals surface area contributed by atoms with E-state index in [1.165, 1.54) is 0 Å². The van der Waals surface area contributed by atoms with Gasteiger partial charge in [-0.2, -0.15) is 0 Å². The summed E-state index contributed by atoms with van der Waals surface area (Å²) in [6.07, 6.45) is 0. The molecule has 0 amide bonds. The van der Waals surface area contributed by atoms with E-state index in [2.05, 4.69) is 11.8 Å². The largest absolute Gasteiger partial charge is 0.0830 e. The van der Waals surface area contributed by atoms with Crippen molar-refractivity contribution in [2.24, 2.45) is 0 Å². The Morgan fingerprint density at radius 2 is 1.40 bits per heavy atom. The van der Waals surface area contributed by atoms with Gasteiger partial charge in [0.2, 0.25) is 0 Å². The van der Waals surface area contributed by atoms with Crippen molar-refractivity contribution >= 4 is 11.6 Å². The third kappa shape index (κ3) is 2.62. The molecular weight excluding hydrogens is 204 g/mol. The van der Waals surface area contributed by atoms with Crippen molar-refractivity contribution < 1.29 is 0 Å². The summed E-state index contributed by atoms with van der Waals surface area (Å²) in [4.78, 5) is 0. The van der Waals surface area contributed by atoms with Crippen LogP contribution in [0.2, 0.25) is 5.02 Å². The zero-order valence-electron chi connectivity index (χ0n) is 8.07. The van der Waals surface area contributed by atoms with Gasteiger partial charge in [0.15, 0.2) is 0 Å². The number of halogens is 1. The topological polar surface area (TPSA) is 0 Å². The molecule has 0 spiro atoms. The molecule has 0 aliphatic heterocycles. The summed E-state index contributed by atoms with van der Waals surface area (Å²) in [5.74, 6) is 6.11. The van der Waals surface area contributed by atoms with Gasteiger partial charge in [-0.25, -0.2) is 0 Å². The summed E-state index contributed by atoms with van der Waals surface area (Å²) in [7, 11) is 0. The molecule has 15 heavy (non-hydrogen) atoms. The standard InChI is InChI=1S/C14H9Cl/c15-14-9-5-4-8-13(14)11-10-12-6-2-1-3-7-12/h1-9H. The van der Waals surface area contributed by atoms with Gasteiger partial charge in [0.1, 0.15) is 0 Å². The molecule has 2 aromatic carbocycles. The monoisotopic (exact) mass is 212 g/mol. The van der Waals surface area contributed by atoms with Crippen molar-refractivity contribution in [1.82, 2.24) is 0 Å². The molecule has 0 atom stereocenters. The molecule has 0 radical (unpaired) electrons. The second kappa shape index (κ2) is 4.68. The lowest BCUT2D eigenvalue weighted by atomic mass is 10.2. The quantitative estimate of drug-likeness (QED) is 0.584. The van der Waals surface area contributed by atoms with Gasteiger partial charge >= 0.3 is 0 Å². The molecule has 0 saturated heterocycles. The Morgan fingerprint density at radius 3 is 2.13 bits per heavy atom. The van der Waals surface area contributed by atoms with Crippen LogP contribution in [0.15, 0.2) is 54.6 Å². The number of benzene rings is 2. The first-order valence-electron chi connectivity index (χ1n) is 4.68. The van der Waals surface area contributed by atoms with Crippen LogP contribution in [-0.4, -0.2) is 0 Å². The molecule has 0 aromatic heterocycles. The van der Waals surface area contributed by atoms with Gasteiger partial charge < -0.3 is 0 Å². The Labute approximate surface area is 94.5 Å². The first kappa shape index (κ1) is 9.83. The summed E-state index contributed by atoms with van der Waals surface area (Å²) >= 11 is 5.99. The predicted molar refractivity (Wildman–Crippen MR) is 63.9 cm³/mol. The maximum absolute atomic E-state index is 5.99. The van der Waals surface area contributed by atoms with E-state index >= 15 is 0 Å². The van der Waals surface area contributed by atoms with Gasteiger partial charge in [-0.3, -0.25) is 0 Å². The second-order valence-electron chi connectivity index (χ2n) is 3.10. The zero-order chi connectivity index (χ0) is 10.5. The molecule has 72 valence electrons. The summed E-state index contributed by atoms with van der Waals surface area (Å²) < 4.78 is 0. The maximum atomic E-state index is 5.99. The number of rotatable bonds is 0. The molecule has 0 bridgehead atoms. The zero-order valence-corrected chi connectivity index (χ0v) is 8.83. The normalized spacial score (nSPS) is 9.13. The average Bonchev–Trinajstić information content (AvgIpc) is 2.29. The van der Waals surface area contributed by atoms with E-state index < -0.39 is 0 Å². The van der Waals surface area contributed by atoms with E-state index in [1.807, 2.05) is 54.6 Å². The fourth-order valence-corrected chi connectivity index (χ4v) is 1.41. The Balaban J connectivity index is 2.31. The van der Waals surface area contributed by atoms with Gasteiger partial charge in [0.25, 0.3) is 0 Å². The van der Waals surface area contributed by atoms with Gasteiger partial charge in [0.05, 0.1) is 5.02 Å². The molecule has 0 aliphatic rings. The van der Waals surface area contributed by atoms with E-state index in [1.54, 1.807) is 0 Å². The molecule has 2 aromatic rings. The van der Waals surface area contributed by atoms with Crippen LogP contribution in [0.5, 0.6) is 0 Å². The van der Waals surface area contributed by atoms with E-state index in [0.717, 1.165) is 11.1 Å². The molecule has 0 fully saturated rings. The molecular formula is C14H9Cl. The van der Waals surface area contributed by atoms with Crippen molar-refractivity contribution in [3.05, 3.63) is 70.7 Å². The fraction of sp³-hybridized carbons (Fsp3) is 0. The highest BCUT2D eigenvalue weighted by atomic mass is 35.5. The van der Waals surface area contributed by atoms with Crippen LogP contribution in [-0.2, 0) is 0 Å². The molecule has 1 heteroatoms. The van der Waals surface area contributed by atoms with E-state index in [-0.39, 0.29) is 0 Å². The maximum Gasteiger partial charge on any atom is 0.0562 e. The predicted octanol–water partition coefficient (Wildman–Crippen LogP) is 3.74. The first-order chi connectivity index (χ1) is 7.36. The van der Waals surface area contributed by atoms with Crippen LogP contribution >= 0.6 is 11.6 Å². The molecule has 0 heterocycles. The van der Waals surface area contributed by atoms with Gasteiger partial charge in [-0.05, 0) is 24.3 Å². The lowest BCUT2D eigenvalue weighted by Gasteiger charge is -1.92. The van der Waals surface area contributed by atoms with Crippen molar-refractivity contribution in [3.63, 3.8) is 0 Å². The Kier molecular flexibility index (Phi) is 3.07. The van der Waals surface area contributed by atoms with Crippen molar-refractivity contribution in [2.75, 3.05) is 0 Å². The highest BCUT2D eigenvalue weighted by Crippen LogP contribution is 2.13.